The molecule has 0 saturated heterocycles. The third-order valence-corrected chi connectivity index (χ3v) is 7.76. The molecule has 32 heavy (non-hydrogen) atoms. The van der Waals surface area contributed by atoms with Gasteiger partial charge in [-0.15, -0.1) is 0 Å². The maximum absolute atomic E-state index is 14.4. The molecule has 178 valence electrons. The Hall–Kier alpha value is -1.56. The van der Waals surface area contributed by atoms with E-state index in [1.807, 2.05) is 0 Å². The Labute approximate surface area is 194 Å². The molecule has 0 heterocycles. The van der Waals surface area contributed by atoms with E-state index in [1.54, 1.807) is 6.07 Å². The van der Waals surface area contributed by atoms with Crippen LogP contribution < -0.4 is 4.74 Å². The molecule has 3 rings (SSSR count). The van der Waals surface area contributed by atoms with Gasteiger partial charge in [-0.25, -0.2) is 4.39 Å². The average Bonchev–Trinajstić information content (AvgIpc) is 2.83. The summed E-state index contributed by atoms with van der Waals surface area (Å²) in [6.07, 6.45) is 17.4. The smallest absolute Gasteiger partial charge is 0.201 e. The van der Waals surface area contributed by atoms with Gasteiger partial charge in [0.15, 0.2) is 11.6 Å². The topological polar surface area (TPSA) is 9.23 Å². The first-order chi connectivity index (χ1) is 15.6. The van der Waals surface area contributed by atoms with Crippen LogP contribution in [0, 0.1) is 47.1 Å². The zero-order valence-electron chi connectivity index (χ0n) is 20.2. The van der Waals surface area contributed by atoms with E-state index in [4.69, 9.17) is 4.74 Å². The molecule has 1 aromatic rings. The highest BCUT2D eigenvalue weighted by molar-refractivity contribution is 5.41. The first kappa shape index (κ1) is 25.1. The second-order valence-electron chi connectivity index (χ2n) is 10.1. The van der Waals surface area contributed by atoms with Gasteiger partial charge in [0.25, 0.3) is 0 Å². The van der Waals surface area contributed by atoms with Crippen molar-refractivity contribution >= 4 is 0 Å². The van der Waals surface area contributed by atoms with Gasteiger partial charge >= 0.3 is 0 Å². The first-order valence-electron chi connectivity index (χ1n) is 13.2. The first-order valence-corrected chi connectivity index (χ1v) is 13.2. The lowest BCUT2D eigenvalue weighted by Gasteiger charge is -2.37. The monoisotopic (exact) mass is 444 g/mol. The molecule has 0 bridgehead atoms. The van der Waals surface area contributed by atoms with Crippen LogP contribution in [0.4, 0.5) is 8.78 Å². The van der Waals surface area contributed by atoms with Crippen LogP contribution >= 0.6 is 0 Å². The minimum Gasteiger partial charge on any atom is -0.490 e. The molecular weight excluding hydrogens is 402 g/mol. The Balaban J connectivity index is 1.46. The average molecular weight is 445 g/mol. The lowest BCUT2D eigenvalue weighted by atomic mass is 9.69. The molecule has 0 atom stereocenters. The van der Waals surface area contributed by atoms with E-state index in [0.29, 0.717) is 12.5 Å². The fraction of sp³-hybridized carbons (Fsp3) is 0.724. The maximum atomic E-state index is 14.4. The maximum Gasteiger partial charge on any atom is 0.201 e. The number of hydrogen-bond acceptors (Lipinski definition) is 1. The van der Waals surface area contributed by atoms with Crippen LogP contribution in [-0.4, -0.2) is 6.61 Å². The highest BCUT2D eigenvalue weighted by Gasteiger charge is 2.30. The molecule has 3 heteroatoms. The van der Waals surface area contributed by atoms with Crippen LogP contribution in [0.1, 0.15) is 109 Å². The van der Waals surface area contributed by atoms with Crippen molar-refractivity contribution in [2.45, 2.75) is 104 Å². The zero-order valence-corrected chi connectivity index (χ0v) is 20.2. The van der Waals surface area contributed by atoms with Crippen molar-refractivity contribution in [1.29, 1.82) is 0 Å². The number of ether oxygens (including phenoxy) is 1. The molecule has 0 N–H and O–H groups in total. The Bertz CT molecular complexity index is 746. The third-order valence-electron chi connectivity index (χ3n) is 7.76. The van der Waals surface area contributed by atoms with E-state index in [1.165, 1.54) is 63.9 Å². The predicted octanol–water partition coefficient (Wildman–Crippen LogP) is 8.69. The number of unbranched alkanes of at least 4 members (excludes halogenated alkanes) is 3. The van der Waals surface area contributed by atoms with Gasteiger partial charge < -0.3 is 4.74 Å². The highest BCUT2D eigenvalue weighted by atomic mass is 19.2. The SMILES string of the molecule is CCCCCOc1ccc(C#CC2CCC([C@H]3CC[C@H](CCCC)CC3)CC2)c(F)c1F. The van der Waals surface area contributed by atoms with Gasteiger partial charge in [-0.1, -0.05) is 70.6 Å². The highest BCUT2D eigenvalue weighted by Crippen LogP contribution is 2.42. The van der Waals surface area contributed by atoms with Crippen molar-refractivity contribution in [3.05, 3.63) is 29.3 Å². The summed E-state index contributed by atoms with van der Waals surface area (Å²) in [5, 5.41) is 0. The van der Waals surface area contributed by atoms with Crippen LogP contribution in [0.25, 0.3) is 0 Å². The van der Waals surface area contributed by atoms with Gasteiger partial charge in [-0.05, 0) is 74.8 Å². The van der Waals surface area contributed by atoms with Crippen molar-refractivity contribution in [2.24, 2.45) is 23.7 Å². The number of halogens is 2. The van der Waals surface area contributed by atoms with Crippen LogP contribution in [0.15, 0.2) is 12.1 Å². The van der Waals surface area contributed by atoms with Gasteiger partial charge in [-0.2, -0.15) is 4.39 Å². The Morgan fingerprint density at radius 2 is 1.47 bits per heavy atom. The Kier molecular flexibility index (Phi) is 10.4. The second kappa shape index (κ2) is 13.2. The van der Waals surface area contributed by atoms with Crippen molar-refractivity contribution in [3.63, 3.8) is 0 Å². The Morgan fingerprint density at radius 3 is 2.12 bits per heavy atom. The van der Waals surface area contributed by atoms with Crippen LogP contribution in [0.3, 0.4) is 0 Å². The number of hydrogen-bond donors (Lipinski definition) is 0. The van der Waals surface area contributed by atoms with E-state index in [-0.39, 0.29) is 11.3 Å². The normalized spacial score (nSPS) is 25.8. The van der Waals surface area contributed by atoms with Crippen LogP contribution in [-0.2, 0) is 0 Å². The molecule has 2 aliphatic rings. The summed E-state index contributed by atoms with van der Waals surface area (Å²) < 4.78 is 34.2. The van der Waals surface area contributed by atoms with Crippen molar-refractivity contribution in [1.82, 2.24) is 0 Å². The zero-order chi connectivity index (χ0) is 22.8. The van der Waals surface area contributed by atoms with Gasteiger partial charge in [0.05, 0.1) is 12.2 Å². The summed E-state index contributed by atoms with van der Waals surface area (Å²) in [6.45, 7) is 4.80. The summed E-state index contributed by atoms with van der Waals surface area (Å²) >= 11 is 0. The predicted molar refractivity (Wildman–Crippen MR) is 129 cm³/mol. The summed E-state index contributed by atoms with van der Waals surface area (Å²) in [7, 11) is 0. The van der Waals surface area contributed by atoms with Crippen molar-refractivity contribution < 1.29 is 13.5 Å². The van der Waals surface area contributed by atoms with Gasteiger partial charge in [0.2, 0.25) is 5.82 Å². The van der Waals surface area contributed by atoms with E-state index in [0.717, 1.165) is 49.9 Å². The fourth-order valence-corrected chi connectivity index (χ4v) is 5.63. The quantitative estimate of drug-likeness (QED) is 0.273. The number of rotatable bonds is 9. The lowest BCUT2D eigenvalue weighted by molar-refractivity contribution is 0.153. The lowest BCUT2D eigenvalue weighted by Crippen LogP contribution is -2.25. The minimum atomic E-state index is -0.911. The summed E-state index contributed by atoms with van der Waals surface area (Å²) in [5.41, 5.74) is 0.149. The standard InChI is InChI=1S/C29H42F2O/c1-3-5-7-21-32-27-20-19-26(28(30)29(27)31)18-13-23-11-16-25(17-12-23)24-14-9-22(10-15-24)8-6-4-2/h19-20,22-25H,3-12,14-17,21H2,1-2H3/t22-,23?,24-,25?. The minimum absolute atomic E-state index is 0.00548. The molecule has 0 aliphatic heterocycles. The van der Waals surface area contributed by atoms with Crippen LogP contribution in [0.5, 0.6) is 5.75 Å². The molecule has 2 saturated carbocycles. The van der Waals surface area contributed by atoms with E-state index in [2.05, 4.69) is 25.7 Å². The van der Waals surface area contributed by atoms with Gasteiger partial charge in [0.1, 0.15) is 0 Å². The molecule has 0 amide bonds. The summed E-state index contributed by atoms with van der Waals surface area (Å²) in [5.74, 6) is 7.40. The molecule has 1 nitrogen and oxygen atoms in total. The molecule has 1 aromatic carbocycles. The summed E-state index contributed by atoms with van der Waals surface area (Å²) in [4.78, 5) is 0. The molecule has 2 aliphatic carbocycles. The van der Waals surface area contributed by atoms with E-state index >= 15 is 0 Å². The Morgan fingerprint density at radius 1 is 0.812 bits per heavy atom. The van der Waals surface area contributed by atoms with Crippen molar-refractivity contribution in [2.75, 3.05) is 6.61 Å². The van der Waals surface area contributed by atoms with Gasteiger partial charge in [-0.3, -0.25) is 0 Å². The molecule has 0 radical (unpaired) electrons. The van der Waals surface area contributed by atoms with E-state index in [9.17, 15) is 8.78 Å². The fourth-order valence-electron chi connectivity index (χ4n) is 5.63. The van der Waals surface area contributed by atoms with Crippen LogP contribution in [0.2, 0.25) is 0 Å². The van der Waals surface area contributed by atoms with Gasteiger partial charge in [0, 0.05) is 5.92 Å². The molecular formula is C29H42F2O. The molecule has 0 unspecified atom stereocenters. The van der Waals surface area contributed by atoms with Crippen molar-refractivity contribution in [3.8, 4) is 17.6 Å². The van der Waals surface area contributed by atoms with E-state index < -0.39 is 11.6 Å². The molecule has 0 spiro atoms. The third kappa shape index (κ3) is 7.23. The summed E-state index contributed by atoms with van der Waals surface area (Å²) in [6, 6.07) is 3.07. The number of benzene rings is 1. The largest absolute Gasteiger partial charge is 0.490 e. The second-order valence-corrected chi connectivity index (χ2v) is 10.1. The molecule has 0 aromatic heterocycles. The molecule has 2 fully saturated rings.